The van der Waals surface area contributed by atoms with Crippen LogP contribution in [0.1, 0.15) is 60.8 Å². The molecule has 86 valence electrons. The Kier molecular flexibility index (Phi) is 7.41. The zero-order chi connectivity index (χ0) is 11.2. The molecule has 0 atom stereocenters. The summed E-state index contributed by atoms with van der Waals surface area (Å²) < 4.78 is 0.448. The SMILES string of the molecule is CC(C)CCCC(C)(C)SSC(C)C. The van der Waals surface area contributed by atoms with Crippen molar-refractivity contribution in [3.05, 3.63) is 0 Å². The van der Waals surface area contributed by atoms with E-state index >= 15 is 0 Å². The van der Waals surface area contributed by atoms with Gasteiger partial charge in [-0.1, -0.05) is 62.1 Å². The number of rotatable bonds is 7. The number of hydrogen-bond donors (Lipinski definition) is 0. The molecule has 0 aromatic heterocycles. The molecule has 0 heterocycles. The molecule has 0 nitrogen and oxygen atoms in total. The molecule has 0 aromatic carbocycles. The first-order valence-electron chi connectivity index (χ1n) is 5.68. The second-order valence-electron chi connectivity index (χ2n) is 5.27. The molecule has 0 N–H and O–H groups in total. The zero-order valence-electron chi connectivity index (χ0n) is 10.6. The van der Waals surface area contributed by atoms with Gasteiger partial charge < -0.3 is 0 Å². The van der Waals surface area contributed by atoms with E-state index in [2.05, 4.69) is 52.3 Å². The van der Waals surface area contributed by atoms with Crippen LogP contribution in [0.5, 0.6) is 0 Å². The molecule has 0 unspecified atom stereocenters. The van der Waals surface area contributed by atoms with Gasteiger partial charge in [-0.3, -0.25) is 0 Å². The van der Waals surface area contributed by atoms with E-state index in [1.54, 1.807) is 0 Å². The van der Waals surface area contributed by atoms with Crippen molar-refractivity contribution in [2.45, 2.75) is 70.8 Å². The summed E-state index contributed by atoms with van der Waals surface area (Å²) in [5.74, 6) is 0.855. The molecule has 0 aliphatic carbocycles. The zero-order valence-corrected chi connectivity index (χ0v) is 12.2. The van der Waals surface area contributed by atoms with Crippen LogP contribution < -0.4 is 0 Å². The van der Waals surface area contributed by atoms with Crippen LogP contribution in [0.2, 0.25) is 0 Å². The van der Waals surface area contributed by atoms with Crippen molar-refractivity contribution in [3.8, 4) is 0 Å². The molecule has 14 heavy (non-hydrogen) atoms. The molecule has 0 spiro atoms. The quantitative estimate of drug-likeness (QED) is 0.542. The molecule has 0 aromatic rings. The van der Waals surface area contributed by atoms with E-state index in [0.29, 0.717) is 4.75 Å². The van der Waals surface area contributed by atoms with E-state index in [-0.39, 0.29) is 0 Å². The fourth-order valence-corrected chi connectivity index (χ4v) is 3.49. The first-order valence-corrected chi connectivity index (χ1v) is 7.89. The lowest BCUT2D eigenvalue weighted by Crippen LogP contribution is -2.13. The van der Waals surface area contributed by atoms with Crippen molar-refractivity contribution in [1.29, 1.82) is 0 Å². The van der Waals surface area contributed by atoms with Gasteiger partial charge >= 0.3 is 0 Å². The Bertz CT molecular complexity index is 139. The predicted molar refractivity (Wildman–Crippen MR) is 73.1 cm³/mol. The molecular weight excluding hydrogens is 208 g/mol. The maximum atomic E-state index is 2.37. The predicted octanol–water partition coefficient (Wildman–Crippen LogP) is 5.38. The molecular formula is C12H26S2. The molecule has 0 saturated heterocycles. The molecule has 0 aliphatic heterocycles. The maximum Gasteiger partial charge on any atom is 0.0207 e. The van der Waals surface area contributed by atoms with E-state index in [1.807, 2.05) is 10.8 Å². The highest BCUT2D eigenvalue weighted by Gasteiger charge is 2.19. The van der Waals surface area contributed by atoms with Crippen molar-refractivity contribution >= 4 is 21.6 Å². The highest BCUT2D eigenvalue weighted by molar-refractivity contribution is 8.77. The van der Waals surface area contributed by atoms with E-state index in [1.165, 1.54) is 19.3 Å². The average Bonchev–Trinajstić information content (AvgIpc) is 2.00. The molecule has 0 rings (SSSR count). The summed E-state index contributed by atoms with van der Waals surface area (Å²) in [6.07, 6.45) is 4.09. The van der Waals surface area contributed by atoms with Gasteiger partial charge in [0.15, 0.2) is 0 Å². The third-order valence-electron chi connectivity index (χ3n) is 2.03. The van der Waals surface area contributed by atoms with Gasteiger partial charge in [0.1, 0.15) is 0 Å². The summed E-state index contributed by atoms with van der Waals surface area (Å²) in [4.78, 5) is 0. The fourth-order valence-electron chi connectivity index (χ4n) is 1.20. The summed E-state index contributed by atoms with van der Waals surface area (Å²) >= 11 is 0. The van der Waals surface area contributed by atoms with Crippen LogP contribution >= 0.6 is 21.6 Å². The lowest BCUT2D eigenvalue weighted by atomic mass is 10.0. The van der Waals surface area contributed by atoms with Crippen molar-refractivity contribution in [2.24, 2.45) is 5.92 Å². The lowest BCUT2D eigenvalue weighted by Gasteiger charge is -2.24. The van der Waals surface area contributed by atoms with Crippen LogP contribution in [0.4, 0.5) is 0 Å². The van der Waals surface area contributed by atoms with Crippen LogP contribution in [-0.2, 0) is 0 Å². The minimum atomic E-state index is 0.448. The van der Waals surface area contributed by atoms with E-state index in [4.69, 9.17) is 0 Å². The molecule has 0 radical (unpaired) electrons. The minimum absolute atomic E-state index is 0.448. The number of hydrogen-bond acceptors (Lipinski definition) is 2. The standard InChI is InChI=1S/C12H26S2/c1-10(2)8-7-9-12(5,6)14-13-11(3)4/h10-11H,7-9H2,1-6H3. The van der Waals surface area contributed by atoms with Crippen LogP contribution in [0, 0.1) is 5.92 Å². The van der Waals surface area contributed by atoms with Gasteiger partial charge in [0.05, 0.1) is 0 Å². The molecule has 0 aliphatic rings. The summed E-state index contributed by atoms with van der Waals surface area (Å²) in [5, 5.41) is 0.740. The summed E-state index contributed by atoms with van der Waals surface area (Å²) in [5.41, 5.74) is 0. The van der Waals surface area contributed by atoms with E-state index < -0.39 is 0 Å². The van der Waals surface area contributed by atoms with Gasteiger partial charge in [-0.25, -0.2) is 0 Å². The maximum absolute atomic E-state index is 2.37. The third-order valence-corrected chi connectivity index (χ3v) is 5.96. The second kappa shape index (κ2) is 7.05. The first kappa shape index (κ1) is 14.7. The van der Waals surface area contributed by atoms with Crippen LogP contribution in [0.15, 0.2) is 0 Å². The van der Waals surface area contributed by atoms with Gasteiger partial charge in [-0.05, 0) is 26.2 Å². The van der Waals surface area contributed by atoms with Gasteiger partial charge in [0.25, 0.3) is 0 Å². The molecule has 0 amide bonds. The third kappa shape index (κ3) is 9.26. The van der Waals surface area contributed by atoms with Crippen molar-refractivity contribution in [3.63, 3.8) is 0 Å². The van der Waals surface area contributed by atoms with Crippen molar-refractivity contribution in [2.75, 3.05) is 0 Å². The Balaban J connectivity index is 3.61. The Morgan fingerprint density at radius 2 is 1.64 bits per heavy atom. The Hall–Kier alpha value is 0.700. The average molecular weight is 234 g/mol. The van der Waals surface area contributed by atoms with Crippen LogP contribution in [0.25, 0.3) is 0 Å². The minimum Gasteiger partial charge on any atom is -0.0908 e. The smallest absolute Gasteiger partial charge is 0.0207 e. The van der Waals surface area contributed by atoms with Crippen molar-refractivity contribution in [1.82, 2.24) is 0 Å². The molecule has 0 bridgehead atoms. The monoisotopic (exact) mass is 234 g/mol. The van der Waals surface area contributed by atoms with Crippen molar-refractivity contribution < 1.29 is 0 Å². The lowest BCUT2D eigenvalue weighted by molar-refractivity contribution is 0.503. The molecule has 0 saturated carbocycles. The topological polar surface area (TPSA) is 0 Å². The molecule has 2 heteroatoms. The highest BCUT2D eigenvalue weighted by Crippen LogP contribution is 2.41. The second-order valence-corrected chi connectivity index (χ2v) is 8.76. The van der Waals surface area contributed by atoms with Gasteiger partial charge in [0, 0.05) is 10.00 Å². The van der Waals surface area contributed by atoms with Gasteiger partial charge in [-0.2, -0.15) is 0 Å². The summed E-state index contributed by atoms with van der Waals surface area (Å²) in [6, 6.07) is 0. The Labute approximate surface area is 98.4 Å². The van der Waals surface area contributed by atoms with Crippen LogP contribution in [-0.4, -0.2) is 10.00 Å². The molecule has 0 fully saturated rings. The highest BCUT2D eigenvalue weighted by atomic mass is 33.1. The largest absolute Gasteiger partial charge is 0.0908 e. The Morgan fingerprint density at radius 1 is 1.07 bits per heavy atom. The van der Waals surface area contributed by atoms with E-state index in [9.17, 15) is 0 Å². The van der Waals surface area contributed by atoms with Gasteiger partial charge in [-0.15, -0.1) is 0 Å². The first-order chi connectivity index (χ1) is 6.33. The van der Waals surface area contributed by atoms with E-state index in [0.717, 1.165) is 11.2 Å². The van der Waals surface area contributed by atoms with Gasteiger partial charge in [0.2, 0.25) is 0 Å². The Morgan fingerprint density at radius 3 is 2.07 bits per heavy atom. The fraction of sp³-hybridized carbons (Fsp3) is 1.00. The summed E-state index contributed by atoms with van der Waals surface area (Å²) in [7, 11) is 4.07. The summed E-state index contributed by atoms with van der Waals surface area (Å²) in [6.45, 7) is 13.9. The normalized spacial score (nSPS) is 12.9. The van der Waals surface area contributed by atoms with Crippen LogP contribution in [0.3, 0.4) is 0 Å².